The number of nitrogens with zero attached hydrogens (tertiary/aromatic N) is 1. The number of anilines is 1. The Morgan fingerprint density at radius 2 is 2.06 bits per heavy atom. The van der Waals surface area contributed by atoms with Gasteiger partial charge in [0.25, 0.3) is 0 Å². The molecule has 0 aliphatic heterocycles. The number of rotatable bonds is 5. The molecule has 0 saturated carbocycles. The third-order valence-electron chi connectivity index (χ3n) is 2.42. The zero-order valence-corrected chi connectivity index (χ0v) is 11.5. The second-order valence-electron chi connectivity index (χ2n) is 3.89. The van der Waals surface area contributed by atoms with Gasteiger partial charge < -0.3 is 15.0 Å². The fraction of sp³-hybridized carbons (Fsp3) is 0.462. The molecule has 0 radical (unpaired) electrons. The molecule has 1 aromatic carbocycles. The smallest absolute Gasteiger partial charge is 0.173 e. The highest BCUT2D eigenvalue weighted by molar-refractivity contribution is 7.80. The maximum absolute atomic E-state index is 5.41. The minimum Gasteiger partial charge on any atom is -0.383 e. The number of para-hydroxylation sites is 1. The van der Waals surface area contributed by atoms with Crippen LogP contribution in [0.1, 0.15) is 13.8 Å². The molecule has 0 heterocycles. The summed E-state index contributed by atoms with van der Waals surface area (Å²) in [6.45, 7) is 5.62. The van der Waals surface area contributed by atoms with Crippen LogP contribution in [-0.4, -0.2) is 31.4 Å². The lowest BCUT2D eigenvalue weighted by molar-refractivity contribution is 0.179. The topological polar surface area (TPSA) is 24.5 Å². The Kier molecular flexibility index (Phi) is 5.94. The van der Waals surface area contributed by atoms with Gasteiger partial charge in [-0.15, -0.1) is 0 Å². The van der Waals surface area contributed by atoms with Crippen molar-refractivity contribution in [2.45, 2.75) is 19.9 Å². The molecule has 4 heteroatoms. The van der Waals surface area contributed by atoms with E-state index >= 15 is 0 Å². The molecule has 3 nitrogen and oxygen atoms in total. The Morgan fingerprint density at radius 3 is 2.59 bits per heavy atom. The average Bonchev–Trinajstić information content (AvgIpc) is 2.31. The van der Waals surface area contributed by atoms with E-state index in [1.165, 1.54) is 0 Å². The van der Waals surface area contributed by atoms with Crippen LogP contribution < -0.4 is 10.2 Å². The third kappa shape index (κ3) is 4.32. The van der Waals surface area contributed by atoms with Gasteiger partial charge in [-0.3, -0.25) is 0 Å². The number of hydrogen-bond donors (Lipinski definition) is 1. The molecule has 1 atom stereocenters. The van der Waals surface area contributed by atoms with Crippen LogP contribution in [0.5, 0.6) is 0 Å². The van der Waals surface area contributed by atoms with Gasteiger partial charge in [0.15, 0.2) is 5.11 Å². The summed E-state index contributed by atoms with van der Waals surface area (Å²) in [6.07, 6.45) is 0. The molecule has 0 spiro atoms. The molecule has 0 aromatic heterocycles. The van der Waals surface area contributed by atoms with Crippen molar-refractivity contribution in [2.75, 3.05) is 25.2 Å². The molecule has 1 aromatic rings. The number of thiocarbonyl (C=S) groups is 1. The van der Waals surface area contributed by atoms with E-state index in [1.807, 2.05) is 18.2 Å². The van der Waals surface area contributed by atoms with Crippen LogP contribution in [0.4, 0.5) is 5.69 Å². The first-order chi connectivity index (χ1) is 8.19. The van der Waals surface area contributed by atoms with Crippen molar-refractivity contribution in [3.05, 3.63) is 30.3 Å². The average molecular weight is 252 g/mol. The molecular formula is C13H20N2OS. The molecule has 0 amide bonds. The van der Waals surface area contributed by atoms with Gasteiger partial charge in [0.2, 0.25) is 0 Å². The normalized spacial score (nSPS) is 11.9. The molecule has 1 rings (SSSR count). The zero-order valence-electron chi connectivity index (χ0n) is 10.6. The van der Waals surface area contributed by atoms with E-state index < -0.39 is 0 Å². The van der Waals surface area contributed by atoms with E-state index in [-0.39, 0.29) is 6.04 Å². The highest BCUT2D eigenvalue weighted by Gasteiger charge is 2.11. The first-order valence-corrected chi connectivity index (χ1v) is 6.21. The predicted molar refractivity (Wildman–Crippen MR) is 76.5 cm³/mol. The maximum atomic E-state index is 5.41. The Balaban J connectivity index is 2.65. The number of hydrogen-bond acceptors (Lipinski definition) is 2. The van der Waals surface area contributed by atoms with E-state index in [4.69, 9.17) is 17.0 Å². The SMILES string of the molecule is CCN(C(=S)NC(C)COC)c1ccccc1. The standard InChI is InChI=1S/C13H20N2OS/c1-4-15(12-8-6-5-7-9-12)13(17)14-11(2)10-16-3/h5-9,11H,4,10H2,1-3H3,(H,14,17). The van der Waals surface area contributed by atoms with Crippen LogP contribution in [0, 0.1) is 0 Å². The lowest BCUT2D eigenvalue weighted by atomic mass is 10.3. The van der Waals surface area contributed by atoms with Crippen molar-refractivity contribution in [2.24, 2.45) is 0 Å². The van der Waals surface area contributed by atoms with Crippen LogP contribution in [0.25, 0.3) is 0 Å². The van der Waals surface area contributed by atoms with E-state index in [9.17, 15) is 0 Å². The number of ether oxygens (including phenoxy) is 1. The lowest BCUT2D eigenvalue weighted by Gasteiger charge is -2.26. The summed E-state index contributed by atoms with van der Waals surface area (Å²) in [4.78, 5) is 2.07. The van der Waals surface area contributed by atoms with E-state index in [1.54, 1.807) is 7.11 Å². The van der Waals surface area contributed by atoms with Crippen molar-refractivity contribution < 1.29 is 4.74 Å². The summed E-state index contributed by atoms with van der Waals surface area (Å²) in [5.41, 5.74) is 1.11. The third-order valence-corrected chi connectivity index (χ3v) is 2.75. The van der Waals surface area contributed by atoms with Crippen LogP contribution in [0.15, 0.2) is 30.3 Å². The quantitative estimate of drug-likeness (QED) is 0.813. The number of nitrogens with one attached hydrogen (secondary N) is 1. The summed E-state index contributed by atoms with van der Waals surface area (Å²) in [5.74, 6) is 0. The van der Waals surface area contributed by atoms with Gasteiger partial charge in [-0.25, -0.2) is 0 Å². The summed E-state index contributed by atoms with van der Waals surface area (Å²) in [7, 11) is 1.69. The molecule has 1 N–H and O–H groups in total. The Bertz CT molecular complexity index is 343. The second-order valence-corrected chi connectivity index (χ2v) is 4.27. The molecular weight excluding hydrogens is 232 g/mol. The molecule has 0 fully saturated rings. The van der Waals surface area contributed by atoms with Gasteiger partial charge in [-0.2, -0.15) is 0 Å². The minimum absolute atomic E-state index is 0.213. The van der Waals surface area contributed by atoms with Gasteiger partial charge in [0.1, 0.15) is 0 Å². The van der Waals surface area contributed by atoms with Crippen molar-refractivity contribution in [3.8, 4) is 0 Å². The molecule has 94 valence electrons. The minimum atomic E-state index is 0.213. The molecule has 0 bridgehead atoms. The molecule has 1 unspecified atom stereocenters. The molecule has 17 heavy (non-hydrogen) atoms. The van der Waals surface area contributed by atoms with Gasteiger partial charge in [0.05, 0.1) is 6.61 Å². The van der Waals surface area contributed by atoms with Gasteiger partial charge in [-0.1, -0.05) is 18.2 Å². The monoisotopic (exact) mass is 252 g/mol. The Labute approximate surface area is 109 Å². The summed E-state index contributed by atoms with van der Waals surface area (Å²) < 4.78 is 5.08. The summed E-state index contributed by atoms with van der Waals surface area (Å²) in [6, 6.07) is 10.3. The fourth-order valence-electron chi connectivity index (χ4n) is 1.63. The summed E-state index contributed by atoms with van der Waals surface area (Å²) in [5, 5.41) is 4.00. The lowest BCUT2D eigenvalue weighted by Crippen LogP contribution is -2.45. The Hall–Kier alpha value is -1.13. The van der Waals surface area contributed by atoms with E-state index in [2.05, 4.69) is 36.2 Å². The van der Waals surface area contributed by atoms with Crippen molar-refractivity contribution in [1.82, 2.24) is 5.32 Å². The van der Waals surface area contributed by atoms with Crippen LogP contribution in [-0.2, 0) is 4.74 Å². The predicted octanol–water partition coefficient (Wildman–Crippen LogP) is 2.42. The fourth-order valence-corrected chi connectivity index (χ4v) is 2.07. The first-order valence-electron chi connectivity index (χ1n) is 5.81. The van der Waals surface area contributed by atoms with Crippen LogP contribution in [0.3, 0.4) is 0 Å². The zero-order chi connectivity index (χ0) is 12.7. The highest BCUT2D eigenvalue weighted by atomic mass is 32.1. The first kappa shape index (κ1) is 13.9. The number of methoxy groups -OCH3 is 1. The molecule has 0 saturated heterocycles. The highest BCUT2D eigenvalue weighted by Crippen LogP contribution is 2.13. The van der Waals surface area contributed by atoms with Crippen LogP contribution >= 0.6 is 12.2 Å². The van der Waals surface area contributed by atoms with Crippen LogP contribution in [0.2, 0.25) is 0 Å². The number of benzene rings is 1. The van der Waals surface area contributed by atoms with E-state index in [0.717, 1.165) is 17.3 Å². The Morgan fingerprint density at radius 1 is 1.41 bits per heavy atom. The van der Waals surface area contributed by atoms with Gasteiger partial charge in [0, 0.05) is 25.4 Å². The van der Waals surface area contributed by atoms with Crippen molar-refractivity contribution in [1.29, 1.82) is 0 Å². The van der Waals surface area contributed by atoms with Gasteiger partial charge >= 0.3 is 0 Å². The maximum Gasteiger partial charge on any atom is 0.173 e. The van der Waals surface area contributed by atoms with Gasteiger partial charge in [-0.05, 0) is 38.2 Å². The molecule has 0 aliphatic carbocycles. The van der Waals surface area contributed by atoms with E-state index in [0.29, 0.717) is 6.61 Å². The van der Waals surface area contributed by atoms with Crippen molar-refractivity contribution >= 4 is 23.0 Å². The second kappa shape index (κ2) is 7.25. The largest absolute Gasteiger partial charge is 0.383 e. The van der Waals surface area contributed by atoms with Crippen molar-refractivity contribution in [3.63, 3.8) is 0 Å². The summed E-state index contributed by atoms with van der Waals surface area (Å²) >= 11 is 5.41. The molecule has 0 aliphatic rings.